The van der Waals surface area contributed by atoms with E-state index in [9.17, 15) is 0 Å². The van der Waals surface area contributed by atoms with Gasteiger partial charge < -0.3 is 24.8 Å². The predicted octanol–water partition coefficient (Wildman–Crippen LogP) is 9.13. The number of benzene rings is 4. The van der Waals surface area contributed by atoms with E-state index in [1.54, 1.807) is 46.7 Å². The molecule has 8 rings (SSSR count). The van der Waals surface area contributed by atoms with E-state index in [0.29, 0.717) is 21.7 Å². The van der Waals surface area contributed by atoms with Crippen molar-refractivity contribution in [3.05, 3.63) is 215 Å². The fraction of sp³-hybridized carbons (Fsp3) is 0.375. The molecule has 4 aromatic rings. The fourth-order valence-electron chi connectivity index (χ4n) is 7.07. The van der Waals surface area contributed by atoms with Crippen LogP contribution in [-0.4, -0.2) is 10.9 Å². The van der Waals surface area contributed by atoms with Gasteiger partial charge in [-0.3, -0.25) is 24.3 Å². The molecule has 0 unspecified atom stereocenters. The first-order valence-corrected chi connectivity index (χ1v) is 34.7. The SMILES string of the molecule is CC1=[C-]CC(C(C)(C)C)=C1.CC1=[C-]CC(C(C)(C)C)=C1.CC1=[C-]CC(C(C)(C)C)=C1.CC1=[C-]CC(C(C)(C)C)=C1.[Cl-].[Cl-].[Zr+2]=[Si](c1ccccc1)c1ccccc1.[Zr+2]=[Si](c1ccccc1)c1ccccc1. The van der Waals surface area contributed by atoms with E-state index in [0.717, 1.165) is 25.7 Å². The average molecular weight is 1160 g/mol. The predicted molar refractivity (Wildman–Crippen MR) is 294 cm³/mol. The van der Waals surface area contributed by atoms with Crippen LogP contribution in [-0.2, 0) is 46.7 Å². The summed E-state index contributed by atoms with van der Waals surface area (Å²) in [5.74, 6) is 0. The quantitative estimate of drug-likeness (QED) is 0.142. The Morgan fingerprint density at radius 2 is 0.471 bits per heavy atom. The van der Waals surface area contributed by atoms with Crippen LogP contribution in [0.4, 0.5) is 0 Å². The van der Waals surface area contributed by atoms with Crippen LogP contribution in [0.2, 0.25) is 0 Å². The standard InChI is InChI=1S/2C12H10Si.4C10H15.2ClH.2Zr/c2*1-3-7-11(8-4-1)13-12-9-5-2-6-10-12;4*1-8-5-6-9(7-8)10(2,3)4;;;;/h2*1-10H;4*7H,6H2,1-4H3;2*1H;;/q;;4*-1;;;2*+2/p-2. The summed E-state index contributed by atoms with van der Waals surface area (Å²) in [4.78, 5) is 0. The number of rotatable bonds is 4. The Bertz CT molecular complexity index is 2160. The third-order valence-electron chi connectivity index (χ3n) is 11.9. The van der Waals surface area contributed by atoms with Gasteiger partial charge in [0.1, 0.15) is 0 Å². The second-order valence-electron chi connectivity index (χ2n) is 22.0. The molecule has 0 radical (unpaired) electrons. The van der Waals surface area contributed by atoms with Crippen molar-refractivity contribution in [1.29, 1.82) is 0 Å². The van der Waals surface area contributed by atoms with Gasteiger partial charge in [-0.15, -0.1) is 25.7 Å². The average Bonchev–Trinajstić information content (AvgIpc) is 4.14. The van der Waals surface area contributed by atoms with Crippen molar-refractivity contribution < 1.29 is 71.5 Å². The second-order valence-corrected chi connectivity index (χ2v) is 33.2. The summed E-state index contributed by atoms with van der Waals surface area (Å²) in [5, 5.41) is 6.06. The zero-order valence-electron chi connectivity index (χ0n) is 45.4. The van der Waals surface area contributed by atoms with Crippen molar-refractivity contribution >= 4 is 31.6 Å². The van der Waals surface area contributed by atoms with Gasteiger partial charge >= 0.3 is 200 Å². The summed E-state index contributed by atoms with van der Waals surface area (Å²) in [5.41, 5.74) is 11.6. The van der Waals surface area contributed by atoms with E-state index >= 15 is 0 Å². The summed E-state index contributed by atoms with van der Waals surface area (Å²) in [6.07, 6.45) is 26.3. The first-order valence-electron chi connectivity index (χ1n) is 24.3. The minimum absolute atomic E-state index is 0. The molecule has 4 aliphatic carbocycles. The van der Waals surface area contributed by atoms with Crippen molar-refractivity contribution in [2.75, 3.05) is 0 Å². The van der Waals surface area contributed by atoms with Gasteiger partial charge in [0, 0.05) is 0 Å². The number of hydrogen-bond donors (Lipinski definition) is 0. The zero-order valence-corrected chi connectivity index (χ0v) is 53.9. The molecule has 0 N–H and O–H groups in total. The Morgan fingerprint density at radius 1 is 0.314 bits per heavy atom. The van der Waals surface area contributed by atoms with Crippen LogP contribution in [0.1, 0.15) is 136 Å². The molecule has 0 nitrogen and oxygen atoms in total. The number of halogens is 2. The van der Waals surface area contributed by atoms with Crippen molar-refractivity contribution in [2.45, 2.75) is 136 Å². The van der Waals surface area contributed by atoms with Gasteiger partial charge in [-0.2, -0.15) is 22.3 Å². The Labute approximate surface area is 471 Å². The topological polar surface area (TPSA) is 0 Å². The molecule has 0 fully saturated rings. The van der Waals surface area contributed by atoms with Crippen molar-refractivity contribution in [3.63, 3.8) is 0 Å². The number of hydrogen-bond acceptors (Lipinski definition) is 0. The first kappa shape index (κ1) is 65.6. The molecular formula is C64H80Cl2Si2Zr2-2. The van der Waals surface area contributed by atoms with Gasteiger partial charge in [0.25, 0.3) is 0 Å². The van der Waals surface area contributed by atoms with Gasteiger partial charge in [-0.25, -0.2) is 46.6 Å². The van der Waals surface area contributed by atoms with Crippen LogP contribution < -0.4 is 45.6 Å². The van der Waals surface area contributed by atoms with Gasteiger partial charge in [0.15, 0.2) is 0 Å². The Kier molecular flexibility index (Phi) is 29.4. The molecule has 0 spiro atoms. The van der Waals surface area contributed by atoms with E-state index in [1.807, 2.05) is 0 Å². The van der Waals surface area contributed by atoms with Crippen molar-refractivity contribution in [3.8, 4) is 0 Å². The van der Waals surface area contributed by atoms with Crippen LogP contribution in [0.3, 0.4) is 0 Å². The Hall–Kier alpha value is -2.42. The van der Waals surface area contributed by atoms with Gasteiger partial charge in [0.05, 0.1) is 0 Å². The van der Waals surface area contributed by atoms with E-state index in [-0.39, 0.29) is 24.8 Å². The molecule has 0 saturated carbocycles. The zero-order chi connectivity index (χ0) is 50.7. The van der Waals surface area contributed by atoms with E-state index in [2.05, 4.69) is 281 Å². The molecule has 0 atom stereocenters. The first-order chi connectivity index (χ1) is 31.8. The molecule has 70 heavy (non-hydrogen) atoms. The van der Waals surface area contributed by atoms with E-state index in [4.69, 9.17) is 0 Å². The third-order valence-corrected chi connectivity index (χ3v) is 24.1. The molecule has 0 heterocycles. The molecular weight excluding hydrogens is 1080 g/mol. The normalized spacial score (nSPS) is 14.7. The maximum absolute atomic E-state index is 3.30. The van der Waals surface area contributed by atoms with Crippen molar-refractivity contribution in [2.24, 2.45) is 21.7 Å². The Morgan fingerprint density at radius 3 is 0.571 bits per heavy atom. The maximum atomic E-state index is 3.30. The molecule has 0 saturated heterocycles. The van der Waals surface area contributed by atoms with Crippen molar-refractivity contribution in [1.82, 2.24) is 0 Å². The van der Waals surface area contributed by atoms with Crippen LogP contribution in [0.5, 0.6) is 0 Å². The summed E-state index contributed by atoms with van der Waals surface area (Å²) >= 11 is 3.29. The van der Waals surface area contributed by atoms with Crippen LogP contribution >= 0.6 is 0 Å². The molecule has 368 valence electrons. The molecule has 6 heteroatoms. The van der Waals surface area contributed by atoms with Crippen LogP contribution in [0.25, 0.3) is 0 Å². The molecule has 0 aliphatic heterocycles. The monoisotopic (exact) mass is 1150 g/mol. The van der Waals surface area contributed by atoms with E-state index in [1.165, 1.54) is 65.3 Å². The molecule has 0 aromatic heterocycles. The molecule has 4 aromatic carbocycles. The van der Waals surface area contributed by atoms with Crippen LogP contribution in [0, 0.1) is 46.0 Å². The van der Waals surface area contributed by atoms with Gasteiger partial charge in [0.2, 0.25) is 0 Å². The second kappa shape index (κ2) is 31.3. The molecule has 0 amide bonds. The summed E-state index contributed by atoms with van der Waals surface area (Å²) in [6, 6.07) is 43.4. The minimum atomic E-state index is -0.455. The third kappa shape index (κ3) is 24.5. The molecule has 4 aliphatic rings. The fourth-order valence-corrected chi connectivity index (χ4v) is 14.8. The molecule has 0 bridgehead atoms. The summed E-state index contributed by atoms with van der Waals surface area (Å²) < 4.78 is 0. The van der Waals surface area contributed by atoms with Gasteiger partial charge in [-0.05, 0) is 21.7 Å². The van der Waals surface area contributed by atoms with E-state index < -0.39 is 10.9 Å². The summed E-state index contributed by atoms with van der Waals surface area (Å²) in [7, 11) is 0. The van der Waals surface area contributed by atoms with Crippen LogP contribution in [0.15, 0.2) is 190 Å². The summed E-state index contributed by atoms with van der Waals surface area (Å²) in [6.45, 7) is 35.4. The Balaban J connectivity index is 0.000000421. The number of allylic oxidation sites excluding steroid dienone is 16. The van der Waals surface area contributed by atoms with Gasteiger partial charge in [-0.1, -0.05) is 111 Å².